The van der Waals surface area contributed by atoms with E-state index in [1.165, 1.54) is 4.31 Å². The molecule has 0 spiro atoms. The van der Waals surface area contributed by atoms with E-state index in [9.17, 15) is 17.2 Å². The quantitative estimate of drug-likeness (QED) is 0.827. The second-order valence-corrected chi connectivity index (χ2v) is 7.71. The summed E-state index contributed by atoms with van der Waals surface area (Å²) in [6.45, 7) is 2.16. The average Bonchev–Trinajstić information content (AvgIpc) is 2.54. The third kappa shape index (κ3) is 4.10. The SMILES string of the molecule is Cc1nccc(OC2CCN(S(=O)(=O)c3cc(F)cc(F)c3)CC2)n1. The predicted molar refractivity (Wildman–Crippen MR) is 85.5 cm³/mol. The van der Waals surface area contributed by atoms with Crippen LogP contribution in [0.2, 0.25) is 0 Å². The van der Waals surface area contributed by atoms with E-state index in [-0.39, 0.29) is 24.1 Å². The fraction of sp³-hybridized carbons (Fsp3) is 0.375. The maximum absolute atomic E-state index is 13.3. The number of piperidine rings is 1. The molecule has 1 aromatic carbocycles. The van der Waals surface area contributed by atoms with Gasteiger partial charge in [0.2, 0.25) is 15.9 Å². The molecule has 134 valence electrons. The van der Waals surface area contributed by atoms with Crippen molar-refractivity contribution in [3.63, 3.8) is 0 Å². The summed E-state index contributed by atoms with van der Waals surface area (Å²) >= 11 is 0. The molecule has 2 aromatic rings. The van der Waals surface area contributed by atoms with Crippen molar-refractivity contribution in [1.82, 2.24) is 14.3 Å². The van der Waals surface area contributed by atoms with Gasteiger partial charge in [0, 0.05) is 31.4 Å². The van der Waals surface area contributed by atoms with Crippen LogP contribution in [0.4, 0.5) is 8.78 Å². The van der Waals surface area contributed by atoms with E-state index in [4.69, 9.17) is 4.74 Å². The fourth-order valence-corrected chi connectivity index (χ4v) is 4.20. The van der Waals surface area contributed by atoms with Crippen molar-refractivity contribution in [1.29, 1.82) is 0 Å². The zero-order valence-corrected chi connectivity index (χ0v) is 14.3. The molecule has 0 saturated carbocycles. The van der Waals surface area contributed by atoms with Crippen LogP contribution in [-0.2, 0) is 10.0 Å². The molecule has 1 aliphatic rings. The zero-order chi connectivity index (χ0) is 18.0. The van der Waals surface area contributed by atoms with Gasteiger partial charge in [-0.3, -0.25) is 0 Å². The monoisotopic (exact) mass is 369 g/mol. The summed E-state index contributed by atoms with van der Waals surface area (Å²) in [6.07, 6.45) is 2.33. The van der Waals surface area contributed by atoms with Crippen molar-refractivity contribution in [3.05, 3.63) is 47.9 Å². The van der Waals surface area contributed by atoms with Gasteiger partial charge >= 0.3 is 0 Å². The van der Waals surface area contributed by atoms with Crippen LogP contribution in [0.3, 0.4) is 0 Å². The Balaban J connectivity index is 1.67. The van der Waals surface area contributed by atoms with Gasteiger partial charge in [-0.05, 0) is 31.9 Å². The third-order valence-electron chi connectivity index (χ3n) is 3.91. The third-order valence-corrected chi connectivity index (χ3v) is 5.79. The molecule has 1 aliphatic heterocycles. The van der Waals surface area contributed by atoms with E-state index < -0.39 is 21.7 Å². The van der Waals surface area contributed by atoms with Gasteiger partial charge < -0.3 is 4.74 Å². The molecule has 9 heteroatoms. The van der Waals surface area contributed by atoms with Crippen molar-refractivity contribution in [2.75, 3.05) is 13.1 Å². The van der Waals surface area contributed by atoms with Crippen LogP contribution >= 0.6 is 0 Å². The van der Waals surface area contributed by atoms with Crippen LogP contribution in [0.5, 0.6) is 5.88 Å². The molecule has 1 saturated heterocycles. The number of halogens is 2. The van der Waals surface area contributed by atoms with Crippen LogP contribution in [0, 0.1) is 18.6 Å². The number of sulfonamides is 1. The lowest BCUT2D eigenvalue weighted by atomic mass is 10.1. The minimum atomic E-state index is -3.94. The Morgan fingerprint density at radius 3 is 2.40 bits per heavy atom. The number of benzene rings is 1. The maximum Gasteiger partial charge on any atom is 0.243 e. The van der Waals surface area contributed by atoms with Crippen LogP contribution in [0.15, 0.2) is 35.4 Å². The molecular formula is C16H17F2N3O3S. The number of hydrogen-bond donors (Lipinski definition) is 0. The molecule has 0 aliphatic carbocycles. The maximum atomic E-state index is 13.3. The van der Waals surface area contributed by atoms with E-state index in [0.717, 1.165) is 12.1 Å². The average molecular weight is 369 g/mol. The zero-order valence-electron chi connectivity index (χ0n) is 13.5. The van der Waals surface area contributed by atoms with Crippen molar-refractivity contribution < 1.29 is 21.9 Å². The summed E-state index contributed by atoms with van der Waals surface area (Å²) in [6, 6.07) is 3.93. The largest absolute Gasteiger partial charge is 0.474 e. The Bertz CT molecular complexity index is 848. The van der Waals surface area contributed by atoms with E-state index in [1.807, 2.05) is 0 Å². The van der Waals surface area contributed by atoms with E-state index in [0.29, 0.717) is 30.6 Å². The highest BCUT2D eigenvalue weighted by Gasteiger charge is 2.31. The first-order valence-electron chi connectivity index (χ1n) is 7.77. The highest BCUT2D eigenvalue weighted by Crippen LogP contribution is 2.24. The van der Waals surface area contributed by atoms with Gasteiger partial charge in [0.05, 0.1) is 4.90 Å². The van der Waals surface area contributed by atoms with Gasteiger partial charge in [-0.1, -0.05) is 0 Å². The first-order valence-corrected chi connectivity index (χ1v) is 9.21. The Morgan fingerprint density at radius 1 is 1.16 bits per heavy atom. The minimum absolute atomic E-state index is 0.176. The molecular weight excluding hydrogens is 352 g/mol. The molecule has 0 bridgehead atoms. The highest BCUT2D eigenvalue weighted by atomic mass is 32.2. The molecule has 0 radical (unpaired) electrons. The normalized spacial score (nSPS) is 16.8. The molecule has 0 unspecified atom stereocenters. The van der Waals surface area contributed by atoms with E-state index in [1.54, 1.807) is 19.2 Å². The van der Waals surface area contributed by atoms with Crippen molar-refractivity contribution in [2.45, 2.75) is 30.8 Å². The highest BCUT2D eigenvalue weighted by molar-refractivity contribution is 7.89. The van der Waals surface area contributed by atoms with Crippen LogP contribution in [-0.4, -0.2) is 41.9 Å². The lowest BCUT2D eigenvalue weighted by Gasteiger charge is -2.31. The molecule has 1 fully saturated rings. The summed E-state index contributed by atoms with van der Waals surface area (Å²) in [5.74, 6) is -0.807. The van der Waals surface area contributed by atoms with Crippen LogP contribution in [0.25, 0.3) is 0 Å². The summed E-state index contributed by atoms with van der Waals surface area (Å²) in [4.78, 5) is 7.76. The summed E-state index contributed by atoms with van der Waals surface area (Å²) in [7, 11) is -3.94. The van der Waals surface area contributed by atoms with Crippen molar-refractivity contribution in [2.24, 2.45) is 0 Å². The van der Waals surface area contributed by atoms with Gasteiger partial charge in [0.15, 0.2) is 0 Å². The first kappa shape index (κ1) is 17.7. The lowest BCUT2D eigenvalue weighted by Crippen LogP contribution is -2.41. The summed E-state index contributed by atoms with van der Waals surface area (Å²) in [5, 5.41) is 0. The number of rotatable bonds is 4. The van der Waals surface area contributed by atoms with Gasteiger partial charge in [-0.2, -0.15) is 9.29 Å². The molecule has 25 heavy (non-hydrogen) atoms. The second-order valence-electron chi connectivity index (χ2n) is 5.77. The Kier molecular flexibility index (Phi) is 4.96. The Hall–Kier alpha value is -2.13. The minimum Gasteiger partial charge on any atom is -0.474 e. The number of aryl methyl sites for hydroxylation is 1. The number of hydrogen-bond acceptors (Lipinski definition) is 5. The van der Waals surface area contributed by atoms with E-state index in [2.05, 4.69) is 9.97 Å². The number of ether oxygens (including phenoxy) is 1. The fourth-order valence-electron chi connectivity index (χ4n) is 2.69. The second kappa shape index (κ2) is 7.01. The van der Waals surface area contributed by atoms with Crippen molar-refractivity contribution in [3.8, 4) is 5.88 Å². The molecule has 0 atom stereocenters. The summed E-state index contributed by atoms with van der Waals surface area (Å²) in [5.41, 5.74) is 0. The predicted octanol–water partition coefficient (Wildman–Crippen LogP) is 2.30. The molecule has 2 heterocycles. The van der Waals surface area contributed by atoms with Crippen LogP contribution in [0.1, 0.15) is 18.7 Å². The topological polar surface area (TPSA) is 72.4 Å². The molecule has 1 aromatic heterocycles. The lowest BCUT2D eigenvalue weighted by molar-refractivity contribution is 0.129. The molecule has 0 amide bonds. The molecule has 0 N–H and O–H groups in total. The van der Waals surface area contributed by atoms with E-state index >= 15 is 0 Å². The van der Waals surface area contributed by atoms with Crippen molar-refractivity contribution >= 4 is 10.0 Å². The Morgan fingerprint density at radius 2 is 1.80 bits per heavy atom. The summed E-state index contributed by atoms with van der Waals surface area (Å²) < 4.78 is 58.6. The van der Waals surface area contributed by atoms with Crippen LogP contribution < -0.4 is 4.74 Å². The number of aromatic nitrogens is 2. The van der Waals surface area contributed by atoms with Gasteiger partial charge in [-0.15, -0.1) is 0 Å². The first-order chi connectivity index (χ1) is 11.8. The van der Waals surface area contributed by atoms with Gasteiger partial charge in [0.1, 0.15) is 23.6 Å². The van der Waals surface area contributed by atoms with Gasteiger partial charge in [0.25, 0.3) is 0 Å². The molecule has 6 nitrogen and oxygen atoms in total. The van der Waals surface area contributed by atoms with Gasteiger partial charge in [-0.25, -0.2) is 22.2 Å². The number of nitrogens with zero attached hydrogens (tertiary/aromatic N) is 3. The standard InChI is InChI=1S/C16H17F2N3O3S/c1-11-19-5-2-16(20-11)24-14-3-6-21(7-4-14)25(22,23)15-9-12(17)8-13(18)10-15/h2,5,8-10,14H,3-4,6-7H2,1H3. The Labute approximate surface area is 144 Å². The smallest absolute Gasteiger partial charge is 0.243 e. The molecule has 3 rings (SSSR count).